The van der Waals surface area contributed by atoms with E-state index in [0.29, 0.717) is 49.9 Å². The molecule has 1 aromatic carbocycles. The van der Waals surface area contributed by atoms with E-state index in [1.807, 2.05) is 6.92 Å². The zero-order valence-electron chi connectivity index (χ0n) is 15.6. The largest absolute Gasteiger partial charge is 0.323 e. The third-order valence-electron chi connectivity index (χ3n) is 5.18. The number of carbonyl (C=O) groups excluding carboxylic acids is 1. The molecule has 1 unspecified atom stereocenters. The lowest BCUT2D eigenvalue weighted by Gasteiger charge is -2.36. The van der Waals surface area contributed by atoms with Crippen LogP contribution >= 0.6 is 11.6 Å². The lowest BCUT2D eigenvalue weighted by atomic mass is 10.1. The van der Waals surface area contributed by atoms with Gasteiger partial charge in [0.2, 0.25) is 0 Å². The van der Waals surface area contributed by atoms with Crippen LogP contribution in [0.5, 0.6) is 0 Å². The first kappa shape index (κ1) is 20.4. The molecular formula is C18H27ClN4O3S. The van der Waals surface area contributed by atoms with Crippen LogP contribution in [0.25, 0.3) is 0 Å². The molecule has 2 aliphatic heterocycles. The molecule has 0 aromatic heterocycles. The van der Waals surface area contributed by atoms with Gasteiger partial charge in [-0.1, -0.05) is 24.1 Å². The minimum Gasteiger partial charge on any atom is -0.323 e. The summed E-state index contributed by atoms with van der Waals surface area (Å²) in [7, 11) is -3.48. The Hall–Kier alpha value is -1.35. The molecule has 7 nitrogen and oxygen atoms in total. The Labute approximate surface area is 166 Å². The summed E-state index contributed by atoms with van der Waals surface area (Å²) in [6.45, 7) is 4.20. The van der Waals surface area contributed by atoms with Crippen LogP contribution in [0.4, 0.5) is 10.5 Å². The minimum absolute atomic E-state index is 0.0363. The van der Waals surface area contributed by atoms with E-state index >= 15 is 0 Å². The number of nitrogens with zero attached hydrogens (tertiary/aromatic N) is 3. The van der Waals surface area contributed by atoms with Gasteiger partial charge in [-0.2, -0.15) is 17.0 Å². The van der Waals surface area contributed by atoms with Gasteiger partial charge in [-0.3, -0.25) is 0 Å². The Morgan fingerprint density at radius 2 is 1.93 bits per heavy atom. The SMILES string of the molecule is CC1CCCCN1S(=O)(=O)N1CCCN(C(=O)Nc2cccc(Cl)c2)CC1. The number of carbonyl (C=O) groups is 1. The summed E-state index contributed by atoms with van der Waals surface area (Å²) in [4.78, 5) is 14.2. The van der Waals surface area contributed by atoms with Crippen LogP contribution in [0.1, 0.15) is 32.6 Å². The number of hydrogen-bond donors (Lipinski definition) is 1. The molecule has 27 heavy (non-hydrogen) atoms. The number of amides is 2. The van der Waals surface area contributed by atoms with Crippen molar-refractivity contribution in [3.8, 4) is 0 Å². The quantitative estimate of drug-likeness (QED) is 0.826. The van der Waals surface area contributed by atoms with Crippen molar-refractivity contribution in [3.05, 3.63) is 29.3 Å². The third kappa shape index (κ3) is 4.93. The van der Waals surface area contributed by atoms with E-state index in [4.69, 9.17) is 11.6 Å². The van der Waals surface area contributed by atoms with Crippen molar-refractivity contribution in [3.63, 3.8) is 0 Å². The summed E-state index contributed by atoms with van der Waals surface area (Å²) >= 11 is 5.95. The van der Waals surface area contributed by atoms with Crippen LogP contribution in [-0.2, 0) is 10.2 Å². The molecular weight excluding hydrogens is 388 g/mol. The maximum atomic E-state index is 13.0. The van der Waals surface area contributed by atoms with Gasteiger partial charge in [-0.25, -0.2) is 4.79 Å². The Bertz CT molecular complexity index is 774. The van der Waals surface area contributed by atoms with Crippen LogP contribution in [-0.4, -0.2) is 66.7 Å². The number of nitrogens with one attached hydrogen (secondary N) is 1. The summed E-state index contributed by atoms with van der Waals surface area (Å²) in [6.07, 6.45) is 3.50. The van der Waals surface area contributed by atoms with Gasteiger partial charge in [0.25, 0.3) is 10.2 Å². The highest BCUT2D eigenvalue weighted by Crippen LogP contribution is 2.23. The van der Waals surface area contributed by atoms with Gasteiger partial charge in [0.15, 0.2) is 0 Å². The molecule has 1 N–H and O–H groups in total. The van der Waals surface area contributed by atoms with Gasteiger partial charge < -0.3 is 10.2 Å². The Balaban J connectivity index is 1.62. The second kappa shape index (κ2) is 8.77. The summed E-state index contributed by atoms with van der Waals surface area (Å²) < 4.78 is 29.2. The molecule has 1 aromatic rings. The molecule has 150 valence electrons. The van der Waals surface area contributed by atoms with Crippen LogP contribution in [0.3, 0.4) is 0 Å². The van der Waals surface area contributed by atoms with Gasteiger partial charge >= 0.3 is 6.03 Å². The fourth-order valence-corrected chi connectivity index (χ4v) is 5.74. The Kier molecular flexibility index (Phi) is 6.62. The Morgan fingerprint density at radius 3 is 2.67 bits per heavy atom. The van der Waals surface area contributed by atoms with Crippen molar-refractivity contribution in [2.24, 2.45) is 0 Å². The van der Waals surface area contributed by atoms with Crippen LogP contribution in [0.2, 0.25) is 5.02 Å². The van der Waals surface area contributed by atoms with E-state index in [1.165, 1.54) is 4.31 Å². The van der Waals surface area contributed by atoms with Crippen molar-refractivity contribution >= 4 is 33.5 Å². The highest BCUT2D eigenvalue weighted by Gasteiger charge is 2.35. The highest BCUT2D eigenvalue weighted by molar-refractivity contribution is 7.86. The van der Waals surface area contributed by atoms with Crippen molar-refractivity contribution in [1.82, 2.24) is 13.5 Å². The second-order valence-corrected chi connectivity index (χ2v) is 9.46. The Morgan fingerprint density at radius 1 is 1.11 bits per heavy atom. The zero-order chi connectivity index (χ0) is 19.4. The fraction of sp³-hybridized carbons (Fsp3) is 0.611. The molecule has 0 radical (unpaired) electrons. The molecule has 0 aliphatic carbocycles. The summed E-state index contributed by atoms with van der Waals surface area (Å²) in [5.74, 6) is 0. The van der Waals surface area contributed by atoms with Crippen molar-refractivity contribution < 1.29 is 13.2 Å². The average Bonchev–Trinajstić information content (AvgIpc) is 2.89. The first-order valence-corrected chi connectivity index (χ1v) is 11.2. The lowest BCUT2D eigenvalue weighted by molar-refractivity contribution is 0.213. The summed E-state index contributed by atoms with van der Waals surface area (Å²) in [5.41, 5.74) is 0.628. The van der Waals surface area contributed by atoms with Crippen molar-refractivity contribution in [2.75, 3.05) is 38.0 Å². The smallest absolute Gasteiger partial charge is 0.321 e. The topological polar surface area (TPSA) is 73.0 Å². The van der Waals surface area contributed by atoms with E-state index in [-0.39, 0.29) is 12.1 Å². The average molecular weight is 415 g/mol. The molecule has 1 atom stereocenters. The van der Waals surface area contributed by atoms with Gasteiger partial charge in [0.1, 0.15) is 0 Å². The van der Waals surface area contributed by atoms with Crippen LogP contribution < -0.4 is 5.32 Å². The highest BCUT2D eigenvalue weighted by atomic mass is 35.5. The maximum Gasteiger partial charge on any atom is 0.321 e. The van der Waals surface area contributed by atoms with E-state index in [2.05, 4.69) is 5.32 Å². The van der Waals surface area contributed by atoms with Crippen LogP contribution in [0, 0.1) is 0 Å². The predicted molar refractivity (Wildman–Crippen MR) is 107 cm³/mol. The van der Waals surface area contributed by atoms with Gasteiger partial charge in [-0.05, 0) is 44.4 Å². The zero-order valence-corrected chi connectivity index (χ0v) is 17.2. The first-order valence-electron chi connectivity index (χ1n) is 9.46. The molecule has 2 aliphatic rings. The molecule has 2 heterocycles. The van der Waals surface area contributed by atoms with E-state index < -0.39 is 10.2 Å². The maximum absolute atomic E-state index is 13.0. The standard InChI is InChI=1S/C18H27ClN4O3S/c1-15-6-2-3-11-23(15)27(25,26)22-10-5-9-21(12-13-22)18(24)20-17-8-4-7-16(19)14-17/h4,7-8,14-15H,2-3,5-6,9-13H2,1H3,(H,20,24). The molecule has 0 saturated carbocycles. The fourth-order valence-electron chi connectivity index (χ4n) is 3.66. The van der Waals surface area contributed by atoms with Gasteiger partial charge in [-0.15, -0.1) is 0 Å². The molecule has 2 amide bonds. The molecule has 3 rings (SSSR count). The van der Waals surface area contributed by atoms with Gasteiger partial charge in [0.05, 0.1) is 0 Å². The minimum atomic E-state index is -3.48. The number of rotatable bonds is 3. The predicted octanol–water partition coefficient (Wildman–Crippen LogP) is 3.00. The molecule has 0 bridgehead atoms. The van der Waals surface area contributed by atoms with Gasteiger partial charge in [0, 0.05) is 49.5 Å². The van der Waals surface area contributed by atoms with Crippen molar-refractivity contribution in [1.29, 1.82) is 0 Å². The number of hydrogen-bond acceptors (Lipinski definition) is 3. The normalized spacial score (nSPS) is 23.0. The van der Waals surface area contributed by atoms with E-state index in [0.717, 1.165) is 19.3 Å². The molecule has 9 heteroatoms. The molecule has 2 saturated heterocycles. The molecule has 2 fully saturated rings. The number of halogens is 1. The first-order chi connectivity index (χ1) is 12.9. The molecule has 0 spiro atoms. The van der Waals surface area contributed by atoms with Crippen LogP contribution in [0.15, 0.2) is 24.3 Å². The monoisotopic (exact) mass is 414 g/mol. The number of benzene rings is 1. The van der Waals surface area contributed by atoms with E-state index in [9.17, 15) is 13.2 Å². The summed E-state index contributed by atoms with van der Waals surface area (Å²) in [5, 5.41) is 3.38. The third-order valence-corrected chi connectivity index (χ3v) is 7.57. The summed E-state index contributed by atoms with van der Waals surface area (Å²) in [6, 6.07) is 6.78. The number of urea groups is 1. The lowest BCUT2D eigenvalue weighted by Crippen LogP contribution is -2.50. The number of anilines is 1. The van der Waals surface area contributed by atoms with E-state index in [1.54, 1.807) is 33.5 Å². The number of piperidine rings is 1. The van der Waals surface area contributed by atoms with Crippen molar-refractivity contribution in [2.45, 2.75) is 38.6 Å². The second-order valence-electron chi connectivity index (χ2n) is 7.14.